The zero-order chi connectivity index (χ0) is 17.9. The van der Waals surface area contributed by atoms with Gasteiger partial charge >= 0.3 is 0 Å². The molecular weight excluding hydrogens is 304 g/mol. The van der Waals surface area contributed by atoms with E-state index in [9.17, 15) is 0 Å². The monoisotopic (exact) mass is 338 g/mol. The lowest BCUT2D eigenvalue weighted by Gasteiger charge is -2.04. The Morgan fingerprint density at radius 3 is 1.92 bits per heavy atom. The summed E-state index contributed by atoms with van der Waals surface area (Å²) in [4.78, 5) is 8.38. The third kappa shape index (κ3) is 9.61. The van der Waals surface area contributed by atoms with Gasteiger partial charge in [0.2, 0.25) is 0 Å². The van der Waals surface area contributed by atoms with Crippen LogP contribution >= 0.6 is 0 Å². The van der Waals surface area contributed by atoms with E-state index in [2.05, 4.69) is 69.0 Å². The van der Waals surface area contributed by atoms with Gasteiger partial charge in [-0.1, -0.05) is 54.3 Å². The van der Waals surface area contributed by atoms with E-state index in [1.807, 2.05) is 18.5 Å². The van der Waals surface area contributed by atoms with Crippen LogP contribution < -0.4 is 0 Å². The largest absolute Gasteiger partial charge is 0.257 e. The molecule has 2 rings (SSSR count). The smallest absolute Gasteiger partial charge is 0.0626 e. The molecule has 0 unspecified atom stereocenters. The van der Waals surface area contributed by atoms with E-state index < -0.39 is 0 Å². The molecule has 25 heavy (non-hydrogen) atoms. The average Bonchev–Trinajstić information content (AvgIpc) is 2.55. The third-order valence-electron chi connectivity index (χ3n) is 3.40. The van der Waals surface area contributed by atoms with E-state index in [0.717, 1.165) is 24.2 Å². The standard InChI is InChI=1S/2C11H15N.CH4/c1-4-11-8-10(5-6-12-11)7-9(2)3;1-4-11-6-5-10(8-12-11)7-9(2)3;/h2*4-6,8-9H,1,7H2,2-3H3;1H4. The quantitative estimate of drug-likeness (QED) is 0.602. The lowest BCUT2D eigenvalue weighted by molar-refractivity contribution is 0.645. The summed E-state index contributed by atoms with van der Waals surface area (Å²) in [5.74, 6) is 1.39. The highest BCUT2D eigenvalue weighted by Crippen LogP contribution is 2.09. The third-order valence-corrected chi connectivity index (χ3v) is 3.40. The second-order valence-corrected chi connectivity index (χ2v) is 6.78. The molecule has 2 heteroatoms. The van der Waals surface area contributed by atoms with Crippen molar-refractivity contribution in [1.82, 2.24) is 9.97 Å². The van der Waals surface area contributed by atoms with Crippen molar-refractivity contribution >= 4 is 12.2 Å². The molecule has 0 saturated carbocycles. The zero-order valence-corrected chi connectivity index (χ0v) is 15.5. The molecule has 0 amide bonds. The van der Waals surface area contributed by atoms with Gasteiger partial charge in [-0.15, -0.1) is 0 Å². The minimum Gasteiger partial charge on any atom is -0.257 e. The zero-order valence-electron chi connectivity index (χ0n) is 15.5. The second kappa shape index (κ2) is 12.2. The highest BCUT2D eigenvalue weighted by atomic mass is 14.7. The summed E-state index contributed by atoms with van der Waals surface area (Å²) in [5, 5.41) is 0. The van der Waals surface area contributed by atoms with Crippen LogP contribution in [0.2, 0.25) is 0 Å². The van der Waals surface area contributed by atoms with Crippen LogP contribution in [0.4, 0.5) is 0 Å². The molecular formula is C23H34N2. The van der Waals surface area contributed by atoms with Crippen LogP contribution in [-0.4, -0.2) is 9.97 Å². The molecule has 136 valence electrons. The van der Waals surface area contributed by atoms with Crippen LogP contribution in [-0.2, 0) is 12.8 Å². The Morgan fingerprint density at radius 2 is 1.44 bits per heavy atom. The van der Waals surface area contributed by atoms with Crippen LogP contribution in [0.1, 0.15) is 57.6 Å². The van der Waals surface area contributed by atoms with E-state index in [0.29, 0.717) is 11.8 Å². The summed E-state index contributed by atoms with van der Waals surface area (Å²) in [6.07, 6.45) is 9.53. The predicted molar refractivity (Wildman–Crippen MR) is 112 cm³/mol. The molecule has 0 atom stereocenters. The first-order valence-electron chi connectivity index (χ1n) is 8.59. The summed E-state index contributed by atoms with van der Waals surface area (Å²) in [6, 6.07) is 8.27. The van der Waals surface area contributed by atoms with E-state index in [4.69, 9.17) is 0 Å². The number of aromatic nitrogens is 2. The first kappa shape index (κ1) is 22.8. The van der Waals surface area contributed by atoms with Crippen molar-refractivity contribution < 1.29 is 0 Å². The molecule has 0 aromatic carbocycles. The molecule has 2 nitrogen and oxygen atoms in total. The molecule has 0 fully saturated rings. The molecule has 0 spiro atoms. The Balaban J connectivity index is 0.000000443. The minimum atomic E-state index is 0. The Labute approximate surface area is 154 Å². The fraction of sp³-hybridized carbons (Fsp3) is 0.391. The molecule has 0 saturated heterocycles. The molecule has 2 aromatic heterocycles. The summed E-state index contributed by atoms with van der Waals surface area (Å²) in [7, 11) is 0. The van der Waals surface area contributed by atoms with Gasteiger partial charge in [0.1, 0.15) is 0 Å². The first-order chi connectivity index (χ1) is 11.4. The maximum Gasteiger partial charge on any atom is 0.0626 e. The molecule has 0 radical (unpaired) electrons. The van der Waals surface area contributed by atoms with Crippen molar-refractivity contribution in [2.24, 2.45) is 11.8 Å². The highest BCUT2D eigenvalue weighted by molar-refractivity contribution is 5.42. The molecule has 2 aromatic rings. The van der Waals surface area contributed by atoms with E-state index in [1.165, 1.54) is 11.1 Å². The number of hydrogen-bond donors (Lipinski definition) is 0. The SMILES string of the molecule is C.C=Cc1cc(CC(C)C)ccn1.C=Cc1ccc(CC(C)C)cn1. The van der Waals surface area contributed by atoms with Gasteiger partial charge in [-0.2, -0.15) is 0 Å². The van der Waals surface area contributed by atoms with Gasteiger partial charge in [-0.3, -0.25) is 9.97 Å². The van der Waals surface area contributed by atoms with Crippen LogP contribution in [0, 0.1) is 11.8 Å². The van der Waals surface area contributed by atoms with Gasteiger partial charge in [-0.05, 0) is 66.2 Å². The maximum absolute atomic E-state index is 4.23. The van der Waals surface area contributed by atoms with Crippen molar-refractivity contribution in [2.45, 2.75) is 48.0 Å². The van der Waals surface area contributed by atoms with Crippen molar-refractivity contribution in [3.8, 4) is 0 Å². The van der Waals surface area contributed by atoms with E-state index in [1.54, 1.807) is 12.2 Å². The molecule has 0 N–H and O–H groups in total. The number of hydrogen-bond acceptors (Lipinski definition) is 2. The van der Waals surface area contributed by atoms with E-state index in [-0.39, 0.29) is 7.43 Å². The number of nitrogens with zero attached hydrogens (tertiary/aromatic N) is 2. The Bertz CT molecular complexity index is 625. The predicted octanol–water partition coefficient (Wildman–Crippen LogP) is 6.48. The lowest BCUT2D eigenvalue weighted by Crippen LogP contribution is -1.94. The Morgan fingerprint density at radius 1 is 0.840 bits per heavy atom. The molecule has 0 bridgehead atoms. The molecule has 2 heterocycles. The lowest BCUT2D eigenvalue weighted by atomic mass is 10.0. The summed E-state index contributed by atoms with van der Waals surface area (Å²) < 4.78 is 0. The number of pyridine rings is 2. The van der Waals surface area contributed by atoms with Crippen molar-refractivity contribution in [3.63, 3.8) is 0 Å². The number of rotatable bonds is 6. The van der Waals surface area contributed by atoms with Gasteiger partial charge in [-0.25, -0.2) is 0 Å². The minimum absolute atomic E-state index is 0. The summed E-state index contributed by atoms with van der Waals surface area (Å²) >= 11 is 0. The maximum atomic E-state index is 4.23. The van der Waals surface area contributed by atoms with Crippen molar-refractivity contribution in [1.29, 1.82) is 0 Å². The van der Waals surface area contributed by atoms with Crippen LogP contribution in [0.5, 0.6) is 0 Å². The van der Waals surface area contributed by atoms with Crippen LogP contribution in [0.15, 0.2) is 49.8 Å². The van der Waals surface area contributed by atoms with Crippen LogP contribution in [0.25, 0.3) is 12.2 Å². The second-order valence-electron chi connectivity index (χ2n) is 6.78. The van der Waals surface area contributed by atoms with Crippen LogP contribution in [0.3, 0.4) is 0 Å². The van der Waals surface area contributed by atoms with E-state index >= 15 is 0 Å². The normalized spacial score (nSPS) is 9.84. The summed E-state index contributed by atoms with van der Waals surface area (Å²) in [6.45, 7) is 16.2. The average molecular weight is 339 g/mol. The highest BCUT2D eigenvalue weighted by Gasteiger charge is 1.98. The Kier molecular flexibility index (Phi) is 11.1. The van der Waals surface area contributed by atoms with Crippen molar-refractivity contribution in [2.75, 3.05) is 0 Å². The Hall–Kier alpha value is -2.22. The summed E-state index contributed by atoms with van der Waals surface area (Å²) in [5.41, 5.74) is 4.56. The first-order valence-corrected chi connectivity index (χ1v) is 8.59. The van der Waals surface area contributed by atoms with Gasteiger partial charge in [0, 0.05) is 12.4 Å². The molecule has 0 aliphatic rings. The topological polar surface area (TPSA) is 25.8 Å². The van der Waals surface area contributed by atoms with Crippen molar-refractivity contribution in [3.05, 3.63) is 72.3 Å². The van der Waals surface area contributed by atoms with Gasteiger partial charge in [0.15, 0.2) is 0 Å². The van der Waals surface area contributed by atoms with Gasteiger partial charge in [0.05, 0.1) is 11.4 Å². The fourth-order valence-electron chi connectivity index (χ4n) is 2.35. The molecule has 0 aliphatic carbocycles. The van der Waals surface area contributed by atoms with Gasteiger partial charge in [0.25, 0.3) is 0 Å². The molecule has 0 aliphatic heterocycles. The van der Waals surface area contributed by atoms with Gasteiger partial charge < -0.3 is 0 Å². The fourth-order valence-corrected chi connectivity index (χ4v) is 2.35.